The summed E-state index contributed by atoms with van der Waals surface area (Å²) in [4.78, 5) is 5.47. The minimum Gasteiger partial charge on any atom is -0.339 e. The minimum absolute atomic E-state index is 0.0266. The van der Waals surface area contributed by atoms with Crippen LogP contribution in [0.2, 0.25) is 0 Å². The molecule has 0 spiro atoms. The number of anilines is 1. The molecule has 0 saturated heterocycles. The number of aromatic amines is 1. The van der Waals surface area contributed by atoms with E-state index < -0.39 is 19.9 Å². The molecule has 0 bridgehead atoms. The molecule has 0 fully saturated rings. The van der Waals surface area contributed by atoms with Crippen molar-refractivity contribution in [1.82, 2.24) is 9.82 Å². The summed E-state index contributed by atoms with van der Waals surface area (Å²) < 4.78 is 54.0. The highest BCUT2D eigenvalue weighted by Crippen LogP contribution is 2.35. The number of nitrogens with one attached hydrogen (secondary N) is 3. The lowest BCUT2D eigenvalue weighted by atomic mass is 10.1. The first-order valence-corrected chi connectivity index (χ1v) is 14.4. The maximum atomic E-state index is 13.9. The predicted octanol–water partition coefficient (Wildman–Crippen LogP) is 5.61. The van der Waals surface area contributed by atoms with Crippen molar-refractivity contribution in [3.63, 3.8) is 0 Å². The van der Waals surface area contributed by atoms with Crippen molar-refractivity contribution < 1.29 is 16.8 Å². The lowest BCUT2D eigenvalue weighted by molar-refractivity contribution is 0.586. The monoisotopic (exact) mass is 527 g/mol. The molecule has 5 aromatic carbocycles. The number of hydrazine groups is 1. The molecule has 0 unspecified atom stereocenters. The summed E-state index contributed by atoms with van der Waals surface area (Å²) in [5.74, 6) is 0.0266. The Kier molecular flexibility index (Phi) is 5.49. The second-order valence-corrected chi connectivity index (χ2v) is 12.2. The molecule has 1 aromatic heterocycles. The van der Waals surface area contributed by atoms with E-state index >= 15 is 0 Å². The number of aromatic nitrogens is 1. The zero-order chi connectivity index (χ0) is 25.6. The Balaban J connectivity index is 1.41. The molecule has 1 heterocycles. The van der Waals surface area contributed by atoms with E-state index in [9.17, 15) is 16.8 Å². The average molecular weight is 528 g/mol. The average Bonchev–Trinajstić information content (AvgIpc) is 3.31. The van der Waals surface area contributed by atoms with Gasteiger partial charge in [-0.3, -0.25) is 5.43 Å². The van der Waals surface area contributed by atoms with Crippen LogP contribution >= 0.6 is 0 Å². The van der Waals surface area contributed by atoms with Gasteiger partial charge >= 0.3 is 0 Å². The first-order chi connectivity index (χ1) is 17.8. The summed E-state index contributed by atoms with van der Waals surface area (Å²) in [5.41, 5.74) is 3.18. The number of para-hydroxylation sites is 1. The van der Waals surface area contributed by atoms with E-state index in [-0.39, 0.29) is 20.5 Å². The quantitative estimate of drug-likeness (QED) is 0.244. The molecule has 0 aliphatic heterocycles. The van der Waals surface area contributed by atoms with Gasteiger partial charge in [0.25, 0.3) is 10.0 Å². The summed E-state index contributed by atoms with van der Waals surface area (Å²) in [6.07, 6.45) is 0. The van der Waals surface area contributed by atoms with Gasteiger partial charge in [-0.25, -0.2) is 16.8 Å². The first kappa shape index (κ1) is 23.2. The lowest BCUT2D eigenvalue weighted by Crippen LogP contribution is -2.30. The van der Waals surface area contributed by atoms with Crippen molar-refractivity contribution in [2.24, 2.45) is 0 Å². The fourth-order valence-corrected chi connectivity index (χ4v) is 6.93. The molecule has 0 amide bonds. The number of sulfone groups is 1. The Morgan fingerprint density at radius 3 is 1.78 bits per heavy atom. The van der Waals surface area contributed by atoms with Gasteiger partial charge in [0.15, 0.2) is 0 Å². The minimum atomic E-state index is -4.03. The molecule has 0 radical (unpaired) electrons. The van der Waals surface area contributed by atoms with E-state index in [1.807, 2.05) is 48.5 Å². The van der Waals surface area contributed by atoms with Gasteiger partial charge in [-0.15, -0.1) is 4.83 Å². The Labute approximate surface area is 213 Å². The molecule has 184 valence electrons. The van der Waals surface area contributed by atoms with Crippen LogP contribution < -0.4 is 10.3 Å². The fraction of sp³-hybridized carbons (Fsp3) is 0. The Hall–Kier alpha value is -4.18. The van der Waals surface area contributed by atoms with Crippen molar-refractivity contribution in [3.05, 3.63) is 109 Å². The summed E-state index contributed by atoms with van der Waals surface area (Å²) in [7, 11) is -8.05. The topological polar surface area (TPSA) is 108 Å². The van der Waals surface area contributed by atoms with Crippen LogP contribution in [0.25, 0.3) is 32.4 Å². The summed E-state index contributed by atoms with van der Waals surface area (Å²) >= 11 is 0. The SMILES string of the molecule is O=S(=O)(NNc1[nH]c2ccccc2c1S(=O)(=O)c1ccc2ccccc2c1)c1ccc2ccccc2c1. The summed E-state index contributed by atoms with van der Waals surface area (Å²) in [6, 6.07) is 31.6. The van der Waals surface area contributed by atoms with Crippen LogP contribution in [-0.2, 0) is 19.9 Å². The summed E-state index contributed by atoms with van der Waals surface area (Å²) in [6.45, 7) is 0. The fourth-order valence-electron chi connectivity index (χ4n) is 4.45. The van der Waals surface area contributed by atoms with Gasteiger partial charge in [-0.1, -0.05) is 78.9 Å². The second-order valence-electron chi connectivity index (χ2n) is 8.63. The maximum absolute atomic E-state index is 13.9. The number of benzene rings is 5. The van der Waals surface area contributed by atoms with E-state index in [1.165, 1.54) is 6.07 Å². The van der Waals surface area contributed by atoms with Crippen LogP contribution in [0.3, 0.4) is 0 Å². The highest BCUT2D eigenvalue weighted by Gasteiger charge is 2.27. The van der Waals surface area contributed by atoms with Crippen LogP contribution in [0.1, 0.15) is 0 Å². The number of hydrogen-bond donors (Lipinski definition) is 3. The van der Waals surface area contributed by atoms with Gasteiger partial charge in [0.05, 0.1) is 9.79 Å². The third-order valence-corrected chi connectivity index (χ3v) is 9.38. The molecular formula is C28H21N3O4S2. The largest absolute Gasteiger partial charge is 0.339 e. The van der Waals surface area contributed by atoms with E-state index in [0.29, 0.717) is 10.9 Å². The van der Waals surface area contributed by atoms with Crippen LogP contribution in [0.15, 0.2) is 124 Å². The zero-order valence-corrected chi connectivity index (χ0v) is 21.0. The van der Waals surface area contributed by atoms with E-state index in [2.05, 4.69) is 15.2 Å². The molecule has 3 N–H and O–H groups in total. The molecule has 0 saturated carbocycles. The first-order valence-electron chi connectivity index (χ1n) is 11.4. The Morgan fingerprint density at radius 1 is 0.568 bits per heavy atom. The van der Waals surface area contributed by atoms with Crippen molar-refractivity contribution >= 4 is 58.1 Å². The molecule has 6 aromatic rings. The van der Waals surface area contributed by atoms with Crippen molar-refractivity contribution in [2.75, 3.05) is 5.43 Å². The molecule has 0 atom stereocenters. The van der Waals surface area contributed by atoms with Crippen molar-refractivity contribution in [1.29, 1.82) is 0 Å². The molecule has 9 heteroatoms. The number of fused-ring (bicyclic) bond motifs is 3. The van der Waals surface area contributed by atoms with E-state index in [0.717, 1.165) is 21.5 Å². The van der Waals surface area contributed by atoms with Crippen LogP contribution in [0.5, 0.6) is 0 Å². The van der Waals surface area contributed by atoms with Gasteiger partial charge < -0.3 is 4.98 Å². The number of hydrogen-bond acceptors (Lipinski definition) is 5. The number of rotatable bonds is 6. The Morgan fingerprint density at radius 2 is 1.11 bits per heavy atom. The number of sulfonamides is 1. The molecular weight excluding hydrogens is 506 g/mol. The third-order valence-electron chi connectivity index (χ3n) is 6.30. The van der Waals surface area contributed by atoms with Gasteiger partial charge in [0.2, 0.25) is 9.84 Å². The van der Waals surface area contributed by atoms with Crippen LogP contribution in [0.4, 0.5) is 5.82 Å². The zero-order valence-electron chi connectivity index (χ0n) is 19.3. The molecule has 0 aliphatic carbocycles. The van der Waals surface area contributed by atoms with Crippen molar-refractivity contribution in [2.45, 2.75) is 14.7 Å². The van der Waals surface area contributed by atoms with E-state index in [1.54, 1.807) is 54.6 Å². The highest BCUT2D eigenvalue weighted by atomic mass is 32.2. The lowest BCUT2D eigenvalue weighted by Gasteiger charge is -2.12. The standard InChI is InChI=1S/C28H21N3O4S2/c32-36(33,23-15-13-19-7-1-3-9-21(19)17-23)27-25-11-5-6-12-26(25)29-28(27)30-31-37(34,35)24-16-14-20-8-2-4-10-22(20)18-24/h1-18,29-31H. The van der Waals surface area contributed by atoms with Crippen molar-refractivity contribution in [3.8, 4) is 0 Å². The Bertz CT molecular complexity index is 2030. The van der Waals surface area contributed by atoms with Gasteiger partial charge in [-0.2, -0.15) is 0 Å². The van der Waals surface area contributed by atoms with Gasteiger partial charge in [-0.05, 0) is 51.9 Å². The number of H-pyrrole nitrogens is 1. The molecule has 6 rings (SSSR count). The van der Waals surface area contributed by atoms with Crippen LogP contribution in [-0.4, -0.2) is 21.8 Å². The predicted molar refractivity (Wildman–Crippen MR) is 146 cm³/mol. The molecule has 37 heavy (non-hydrogen) atoms. The highest BCUT2D eigenvalue weighted by molar-refractivity contribution is 7.92. The third kappa shape index (κ3) is 4.13. The summed E-state index contributed by atoms with van der Waals surface area (Å²) in [5, 5.41) is 3.84. The normalized spacial score (nSPS) is 12.3. The van der Waals surface area contributed by atoms with Crippen LogP contribution in [0, 0.1) is 0 Å². The maximum Gasteiger partial charge on any atom is 0.257 e. The molecule has 0 aliphatic rings. The smallest absolute Gasteiger partial charge is 0.257 e. The van der Waals surface area contributed by atoms with Gasteiger partial charge in [0, 0.05) is 10.9 Å². The second kappa shape index (κ2) is 8.74. The van der Waals surface area contributed by atoms with Gasteiger partial charge in [0.1, 0.15) is 10.7 Å². The molecule has 7 nitrogen and oxygen atoms in total. The van der Waals surface area contributed by atoms with E-state index in [4.69, 9.17) is 0 Å².